The molecule has 1 rings (SSSR count). The minimum Gasteiger partial charge on any atom is -0.432 e. The molecule has 0 saturated carbocycles. The van der Waals surface area contributed by atoms with Gasteiger partial charge in [-0.1, -0.05) is 0 Å². The van der Waals surface area contributed by atoms with Crippen LogP contribution in [0.25, 0.3) is 0 Å². The number of alkyl halides is 2. The Labute approximate surface area is 68.6 Å². The summed E-state index contributed by atoms with van der Waals surface area (Å²) >= 11 is 0. The summed E-state index contributed by atoms with van der Waals surface area (Å²) in [5.74, 6) is -1.77. The van der Waals surface area contributed by atoms with E-state index in [0.29, 0.717) is 0 Å². The second kappa shape index (κ2) is 2.97. The lowest BCUT2D eigenvalue weighted by Gasteiger charge is -2.14. The van der Waals surface area contributed by atoms with Crippen molar-refractivity contribution < 1.29 is 23.0 Å². The third kappa shape index (κ3) is 2.14. The van der Waals surface area contributed by atoms with Crippen molar-refractivity contribution in [3.05, 3.63) is 0 Å². The van der Waals surface area contributed by atoms with Crippen LogP contribution in [0, 0.1) is 0 Å². The van der Waals surface area contributed by atoms with E-state index in [-0.39, 0.29) is 0 Å². The molecule has 70 valence electrons. The molecule has 12 heavy (non-hydrogen) atoms. The minimum absolute atomic E-state index is 0.595. The summed E-state index contributed by atoms with van der Waals surface area (Å²) in [5.41, 5.74) is 0. The number of hydrogen-bond acceptors (Lipinski definition) is 3. The lowest BCUT2D eigenvalue weighted by Crippen LogP contribution is -2.22. The Morgan fingerprint density at radius 1 is 1.58 bits per heavy atom. The van der Waals surface area contributed by atoms with Crippen molar-refractivity contribution in [2.24, 2.45) is 0 Å². The molecule has 0 aromatic rings. The zero-order valence-corrected chi connectivity index (χ0v) is 6.84. The SMILES string of the molecule is CC1(C)OC(=O)C(CC(F)F)O1. The van der Waals surface area contributed by atoms with E-state index in [2.05, 4.69) is 4.74 Å². The molecule has 1 aliphatic rings. The van der Waals surface area contributed by atoms with Gasteiger partial charge in [0.1, 0.15) is 0 Å². The van der Waals surface area contributed by atoms with Crippen molar-refractivity contribution in [1.29, 1.82) is 0 Å². The van der Waals surface area contributed by atoms with Crippen LogP contribution in [-0.2, 0) is 14.3 Å². The van der Waals surface area contributed by atoms with Gasteiger partial charge in [-0.25, -0.2) is 13.6 Å². The standard InChI is InChI=1S/C7H10F2O3/c1-7(2)11-4(3-5(8)9)6(10)12-7/h4-5H,3H2,1-2H3. The molecule has 1 saturated heterocycles. The number of hydrogen-bond donors (Lipinski definition) is 0. The number of halogens is 2. The van der Waals surface area contributed by atoms with E-state index < -0.39 is 30.7 Å². The third-order valence-electron chi connectivity index (χ3n) is 1.43. The van der Waals surface area contributed by atoms with Crippen molar-refractivity contribution in [3.8, 4) is 0 Å². The zero-order chi connectivity index (χ0) is 9.35. The second-order valence-corrected chi connectivity index (χ2v) is 3.05. The first-order valence-corrected chi connectivity index (χ1v) is 3.59. The molecule has 1 heterocycles. The Morgan fingerprint density at radius 2 is 2.17 bits per heavy atom. The molecular formula is C7H10F2O3. The molecular weight excluding hydrogens is 170 g/mol. The highest BCUT2D eigenvalue weighted by Crippen LogP contribution is 2.26. The van der Waals surface area contributed by atoms with Crippen LogP contribution in [0.4, 0.5) is 8.78 Å². The van der Waals surface area contributed by atoms with Crippen molar-refractivity contribution >= 4 is 5.97 Å². The second-order valence-electron chi connectivity index (χ2n) is 3.05. The fourth-order valence-electron chi connectivity index (χ4n) is 1.03. The molecule has 0 bridgehead atoms. The van der Waals surface area contributed by atoms with Gasteiger partial charge in [-0.15, -0.1) is 0 Å². The van der Waals surface area contributed by atoms with Crippen molar-refractivity contribution in [2.45, 2.75) is 38.6 Å². The summed E-state index contributed by atoms with van der Waals surface area (Å²) in [6, 6.07) is 0. The highest BCUT2D eigenvalue weighted by molar-refractivity contribution is 5.76. The lowest BCUT2D eigenvalue weighted by atomic mass is 10.3. The van der Waals surface area contributed by atoms with Gasteiger partial charge in [-0.2, -0.15) is 0 Å². The van der Waals surface area contributed by atoms with Crippen molar-refractivity contribution in [2.75, 3.05) is 0 Å². The molecule has 0 aliphatic carbocycles. The van der Waals surface area contributed by atoms with Gasteiger partial charge in [0, 0.05) is 20.3 Å². The first-order valence-electron chi connectivity index (χ1n) is 3.59. The molecule has 0 aromatic heterocycles. The quantitative estimate of drug-likeness (QED) is 0.601. The van der Waals surface area contributed by atoms with Crippen molar-refractivity contribution in [1.82, 2.24) is 0 Å². The van der Waals surface area contributed by atoms with Gasteiger partial charge < -0.3 is 9.47 Å². The van der Waals surface area contributed by atoms with Crippen LogP contribution in [0.3, 0.4) is 0 Å². The maximum absolute atomic E-state index is 11.8. The normalized spacial score (nSPS) is 27.8. The largest absolute Gasteiger partial charge is 0.432 e. The van der Waals surface area contributed by atoms with Crippen LogP contribution in [-0.4, -0.2) is 24.3 Å². The molecule has 0 radical (unpaired) electrons. The number of esters is 1. The summed E-state index contributed by atoms with van der Waals surface area (Å²) in [6.45, 7) is 3.02. The zero-order valence-electron chi connectivity index (χ0n) is 6.84. The fourth-order valence-corrected chi connectivity index (χ4v) is 1.03. The molecule has 1 fully saturated rings. The van der Waals surface area contributed by atoms with Gasteiger partial charge in [-0.3, -0.25) is 0 Å². The Balaban J connectivity index is 2.53. The Kier molecular flexibility index (Phi) is 2.32. The van der Waals surface area contributed by atoms with E-state index in [1.165, 1.54) is 13.8 Å². The monoisotopic (exact) mass is 180 g/mol. The predicted octanol–water partition coefficient (Wildman–Crippen LogP) is 1.32. The Bertz CT molecular complexity index is 191. The summed E-state index contributed by atoms with van der Waals surface area (Å²) < 4.78 is 33.2. The maximum atomic E-state index is 11.8. The van der Waals surface area contributed by atoms with Gasteiger partial charge in [0.2, 0.25) is 12.2 Å². The summed E-state index contributed by atoms with van der Waals surface area (Å²) in [4.78, 5) is 10.8. The molecule has 5 heteroatoms. The average molecular weight is 180 g/mol. The van der Waals surface area contributed by atoms with Gasteiger partial charge >= 0.3 is 5.97 Å². The summed E-state index contributed by atoms with van der Waals surface area (Å²) in [6.07, 6.45) is -4.25. The topological polar surface area (TPSA) is 35.5 Å². The molecule has 3 nitrogen and oxygen atoms in total. The maximum Gasteiger partial charge on any atom is 0.338 e. The molecule has 1 aliphatic heterocycles. The van der Waals surface area contributed by atoms with E-state index in [9.17, 15) is 13.6 Å². The molecule has 0 aromatic carbocycles. The van der Waals surface area contributed by atoms with Gasteiger partial charge in [0.25, 0.3) is 0 Å². The number of ether oxygens (including phenoxy) is 2. The Hall–Kier alpha value is -0.710. The number of carbonyl (C=O) groups is 1. The Morgan fingerprint density at radius 3 is 2.50 bits per heavy atom. The molecule has 0 amide bonds. The number of carbonyl (C=O) groups excluding carboxylic acids is 1. The van der Waals surface area contributed by atoms with Gasteiger partial charge in [-0.05, 0) is 0 Å². The number of cyclic esters (lactones) is 1. The average Bonchev–Trinajstić information content (AvgIpc) is 2.03. The molecule has 1 unspecified atom stereocenters. The third-order valence-corrected chi connectivity index (χ3v) is 1.43. The van der Waals surface area contributed by atoms with E-state index in [0.717, 1.165) is 0 Å². The lowest BCUT2D eigenvalue weighted by molar-refractivity contribution is -0.161. The van der Waals surface area contributed by atoms with E-state index in [4.69, 9.17) is 4.74 Å². The first-order chi connectivity index (χ1) is 5.41. The van der Waals surface area contributed by atoms with Crippen LogP contribution in [0.15, 0.2) is 0 Å². The van der Waals surface area contributed by atoms with Gasteiger partial charge in [0.15, 0.2) is 6.10 Å². The highest BCUT2D eigenvalue weighted by atomic mass is 19.3. The predicted molar refractivity (Wildman–Crippen MR) is 35.7 cm³/mol. The molecule has 0 N–H and O–H groups in total. The number of rotatable bonds is 2. The van der Waals surface area contributed by atoms with Crippen LogP contribution in [0.1, 0.15) is 20.3 Å². The van der Waals surface area contributed by atoms with Gasteiger partial charge in [0.05, 0.1) is 0 Å². The van der Waals surface area contributed by atoms with E-state index >= 15 is 0 Å². The van der Waals surface area contributed by atoms with Crippen LogP contribution < -0.4 is 0 Å². The van der Waals surface area contributed by atoms with Crippen LogP contribution in [0.5, 0.6) is 0 Å². The van der Waals surface area contributed by atoms with E-state index in [1.807, 2.05) is 0 Å². The summed E-state index contributed by atoms with van der Waals surface area (Å²) in [5, 5.41) is 0. The highest BCUT2D eigenvalue weighted by Gasteiger charge is 2.42. The first kappa shape index (κ1) is 9.38. The fraction of sp³-hybridized carbons (Fsp3) is 0.857. The van der Waals surface area contributed by atoms with E-state index in [1.54, 1.807) is 0 Å². The smallest absolute Gasteiger partial charge is 0.338 e. The molecule has 1 atom stereocenters. The van der Waals surface area contributed by atoms with Crippen molar-refractivity contribution in [3.63, 3.8) is 0 Å². The summed E-state index contributed by atoms with van der Waals surface area (Å²) in [7, 11) is 0. The molecule has 0 spiro atoms. The van der Waals surface area contributed by atoms with Crippen LogP contribution >= 0.6 is 0 Å². The van der Waals surface area contributed by atoms with Crippen LogP contribution in [0.2, 0.25) is 0 Å². The minimum atomic E-state index is -2.54.